The fourth-order valence-electron chi connectivity index (χ4n) is 2.67. The van der Waals surface area contributed by atoms with Gasteiger partial charge in [0.15, 0.2) is 5.78 Å². The van der Waals surface area contributed by atoms with E-state index in [1.807, 2.05) is 36.4 Å². The normalized spacial score (nSPS) is 10.4. The van der Waals surface area contributed by atoms with Gasteiger partial charge in [0.05, 0.1) is 19.3 Å². The van der Waals surface area contributed by atoms with Crippen LogP contribution in [0, 0.1) is 0 Å². The molecule has 0 saturated heterocycles. The molecule has 0 bridgehead atoms. The van der Waals surface area contributed by atoms with Crippen LogP contribution in [0.3, 0.4) is 0 Å². The van der Waals surface area contributed by atoms with Crippen molar-refractivity contribution in [2.75, 3.05) is 18.2 Å². The van der Waals surface area contributed by atoms with Crippen molar-refractivity contribution >= 4 is 40.7 Å². The van der Waals surface area contributed by atoms with Gasteiger partial charge in [0.1, 0.15) is 5.75 Å². The number of carbonyl (C=O) groups is 2. The number of rotatable bonds is 8. The van der Waals surface area contributed by atoms with E-state index in [9.17, 15) is 9.59 Å². The maximum atomic E-state index is 12.4. The van der Waals surface area contributed by atoms with Crippen LogP contribution in [0.4, 0.5) is 5.69 Å². The molecule has 0 aromatic heterocycles. The Labute approximate surface area is 179 Å². The lowest BCUT2D eigenvalue weighted by Crippen LogP contribution is -2.14. The number of hydrogen-bond donors (Lipinski definition) is 1. The van der Waals surface area contributed by atoms with Crippen LogP contribution in [-0.4, -0.2) is 24.6 Å². The van der Waals surface area contributed by atoms with Gasteiger partial charge in [-0.15, -0.1) is 11.8 Å². The predicted molar refractivity (Wildman–Crippen MR) is 118 cm³/mol. The average Bonchev–Trinajstić information content (AvgIpc) is 2.74. The zero-order chi connectivity index (χ0) is 20.6. The summed E-state index contributed by atoms with van der Waals surface area (Å²) in [6, 6.07) is 21.7. The van der Waals surface area contributed by atoms with Crippen LogP contribution in [0.1, 0.15) is 15.9 Å². The van der Waals surface area contributed by atoms with Crippen LogP contribution >= 0.6 is 23.4 Å². The van der Waals surface area contributed by atoms with Crippen LogP contribution in [-0.2, 0) is 11.2 Å². The number of benzene rings is 3. The van der Waals surface area contributed by atoms with E-state index in [1.165, 1.54) is 11.8 Å². The van der Waals surface area contributed by atoms with Crippen LogP contribution < -0.4 is 10.1 Å². The highest BCUT2D eigenvalue weighted by Gasteiger charge is 2.09. The van der Waals surface area contributed by atoms with Crippen LogP contribution in [0.15, 0.2) is 77.7 Å². The number of thioether (sulfide) groups is 1. The van der Waals surface area contributed by atoms with E-state index < -0.39 is 0 Å². The van der Waals surface area contributed by atoms with E-state index in [1.54, 1.807) is 43.5 Å². The lowest BCUT2D eigenvalue weighted by molar-refractivity contribution is -0.115. The third-order valence-electron chi connectivity index (χ3n) is 4.18. The van der Waals surface area contributed by atoms with Crippen molar-refractivity contribution in [3.8, 4) is 5.75 Å². The number of methoxy groups -OCH3 is 1. The number of ether oxygens (including phenoxy) is 1. The Morgan fingerprint density at radius 1 is 1.00 bits per heavy atom. The number of nitrogens with one attached hydrogen (secondary N) is 1. The molecule has 6 heteroatoms. The van der Waals surface area contributed by atoms with Crippen molar-refractivity contribution in [2.45, 2.75) is 11.3 Å². The number of amides is 1. The van der Waals surface area contributed by atoms with Crippen molar-refractivity contribution in [3.05, 3.63) is 88.9 Å². The van der Waals surface area contributed by atoms with Gasteiger partial charge in [0, 0.05) is 21.2 Å². The van der Waals surface area contributed by atoms with E-state index in [0.717, 1.165) is 16.2 Å². The Hall–Kier alpha value is -2.76. The van der Waals surface area contributed by atoms with Crippen molar-refractivity contribution in [1.29, 1.82) is 0 Å². The zero-order valence-electron chi connectivity index (χ0n) is 15.9. The van der Waals surface area contributed by atoms with E-state index in [4.69, 9.17) is 16.3 Å². The summed E-state index contributed by atoms with van der Waals surface area (Å²) >= 11 is 7.30. The maximum absolute atomic E-state index is 12.4. The summed E-state index contributed by atoms with van der Waals surface area (Å²) in [4.78, 5) is 25.5. The second-order valence-corrected chi connectivity index (χ2v) is 7.80. The molecule has 0 aliphatic carbocycles. The molecule has 0 atom stereocenters. The summed E-state index contributed by atoms with van der Waals surface area (Å²) in [6.45, 7) is 0. The summed E-state index contributed by atoms with van der Waals surface area (Å²) in [5, 5.41) is 3.54. The first kappa shape index (κ1) is 21.0. The average molecular weight is 426 g/mol. The quantitative estimate of drug-likeness (QED) is 0.382. The van der Waals surface area contributed by atoms with E-state index in [0.29, 0.717) is 22.0 Å². The maximum Gasteiger partial charge on any atom is 0.228 e. The van der Waals surface area contributed by atoms with Crippen LogP contribution in [0.5, 0.6) is 5.75 Å². The van der Waals surface area contributed by atoms with Gasteiger partial charge in [-0.1, -0.05) is 29.8 Å². The lowest BCUT2D eigenvalue weighted by Gasteiger charge is -2.08. The van der Waals surface area contributed by atoms with Gasteiger partial charge in [-0.25, -0.2) is 0 Å². The Morgan fingerprint density at radius 2 is 1.72 bits per heavy atom. The molecule has 29 heavy (non-hydrogen) atoms. The molecule has 0 aliphatic rings. The van der Waals surface area contributed by atoms with Gasteiger partial charge in [-0.3, -0.25) is 9.59 Å². The zero-order valence-corrected chi connectivity index (χ0v) is 17.4. The molecule has 3 aromatic rings. The van der Waals surface area contributed by atoms with E-state index >= 15 is 0 Å². The molecule has 0 fully saturated rings. The molecule has 0 radical (unpaired) electrons. The molecule has 1 N–H and O–H groups in total. The number of carbonyl (C=O) groups excluding carboxylic acids is 2. The van der Waals surface area contributed by atoms with Crippen molar-refractivity contribution < 1.29 is 14.3 Å². The summed E-state index contributed by atoms with van der Waals surface area (Å²) in [7, 11) is 1.59. The fourth-order valence-corrected chi connectivity index (χ4v) is 3.64. The Morgan fingerprint density at radius 3 is 2.41 bits per heavy atom. The number of Topliss-reactive ketones (excluding diaryl/α,β-unsaturated/α-hetero) is 1. The van der Waals surface area contributed by atoms with Gasteiger partial charge in [-0.05, 0) is 60.2 Å². The summed E-state index contributed by atoms with van der Waals surface area (Å²) in [5.74, 6) is 0.962. The summed E-state index contributed by atoms with van der Waals surface area (Å²) < 4.78 is 5.11. The lowest BCUT2D eigenvalue weighted by atomic mass is 10.1. The van der Waals surface area contributed by atoms with Gasteiger partial charge in [0.25, 0.3) is 0 Å². The Kier molecular flexibility index (Phi) is 7.33. The Balaban J connectivity index is 1.55. The minimum atomic E-state index is -0.108. The first-order valence-corrected chi connectivity index (χ1v) is 10.3. The molecule has 0 spiro atoms. The fraction of sp³-hybridized carbons (Fsp3) is 0.130. The van der Waals surface area contributed by atoms with Crippen molar-refractivity contribution in [3.63, 3.8) is 0 Å². The molecular weight excluding hydrogens is 406 g/mol. The first-order valence-electron chi connectivity index (χ1n) is 8.98. The standard InChI is InChI=1S/C23H20ClNO3S/c1-28-20-11-7-17(8-12-20)22(26)15-29-21-4-2-3-19(14-21)25-23(27)13-16-5-9-18(24)10-6-16/h2-12,14H,13,15H2,1H3,(H,25,27). The highest BCUT2D eigenvalue weighted by atomic mass is 35.5. The van der Waals surface area contributed by atoms with Gasteiger partial charge in [-0.2, -0.15) is 0 Å². The largest absolute Gasteiger partial charge is 0.497 e. The molecule has 0 unspecified atom stereocenters. The molecule has 3 rings (SSSR count). The van der Waals surface area contributed by atoms with Gasteiger partial charge < -0.3 is 10.1 Å². The third-order valence-corrected chi connectivity index (χ3v) is 5.42. The second-order valence-electron chi connectivity index (χ2n) is 6.32. The minimum absolute atomic E-state index is 0.0369. The number of halogens is 1. The smallest absolute Gasteiger partial charge is 0.228 e. The molecule has 0 saturated carbocycles. The molecule has 148 valence electrons. The monoisotopic (exact) mass is 425 g/mol. The highest BCUT2D eigenvalue weighted by Crippen LogP contribution is 2.23. The Bertz CT molecular complexity index is 988. The number of hydrogen-bond acceptors (Lipinski definition) is 4. The molecule has 4 nitrogen and oxygen atoms in total. The molecule has 0 heterocycles. The summed E-state index contributed by atoms with van der Waals surface area (Å²) in [6.07, 6.45) is 0.268. The van der Waals surface area contributed by atoms with Gasteiger partial charge in [0.2, 0.25) is 5.91 Å². The number of anilines is 1. The third kappa shape index (κ3) is 6.38. The van der Waals surface area contributed by atoms with Crippen molar-refractivity contribution in [2.24, 2.45) is 0 Å². The summed E-state index contributed by atoms with van der Waals surface area (Å²) in [5.41, 5.74) is 2.24. The second kappa shape index (κ2) is 10.1. The number of ketones is 1. The topological polar surface area (TPSA) is 55.4 Å². The van der Waals surface area contributed by atoms with Crippen LogP contribution in [0.25, 0.3) is 0 Å². The van der Waals surface area contributed by atoms with E-state index in [2.05, 4.69) is 5.32 Å². The van der Waals surface area contributed by atoms with Crippen LogP contribution in [0.2, 0.25) is 5.02 Å². The molecular formula is C23H20ClNO3S. The van der Waals surface area contributed by atoms with Gasteiger partial charge >= 0.3 is 0 Å². The van der Waals surface area contributed by atoms with Crippen molar-refractivity contribution in [1.82, 2.24) is 0 Å². The molecule has 3 aromatic carbocycles. The SMILES string of the molecule is COc1ccc(C(=O)CSc2cccc(NC(=O)Cc3ccc(Cl)cc3)c2)cc1. The minimum Gasteiger partial charge on any atom is -0.497 e. The van der Waals surface area contributed by atoms with E-state index in [-0.39, 0.29) is 18.1 Å². The predicted octanol–water partition coefficient (Wildman–Crippen LogP) is 5.50. The highest BCUT2D eigenvalue weighted by molar-refractivity contribution is 8.00. The first-order chi connectivity index (χ1) is 14.0. The molecule has 1 amide bonds. The molecule has 0 aliphatic heterocycles.